The summed E-state index contributed by atoms with van der Waals surface area (Å²) < 4.78 is 0. The number of nitrogens with zero attached hydrogens (tertiary/aromatic N) is 4. The van der Waals surface area contributed by atoms with Crippen LogP contribution in [-0.2, 0) is 0 Å². The van der Waals surface area contributed by atoms with Gasteiger partial charge in [0.25, 0.3) is 0 Å². The fourth-order valence-corrected chi connectivity index (χ4v) is 1.30. The van der Waals surface area contributed by atoms with Gasteiger partial charge in [0.15, 0.2) is 5.82 Å². The monoisotopic (exact) mass is 183 g/mol. The first-order valence-corrected chi connectivity index (χ1v) is 4.07. The number of rotatable bonds is 1. The number of nitrogens with one attached hydrogen (secondary N) is 1. The summed E-state index contributed by atoms with van der Waals surface area (Å²) in [7, 11) is 0. The van der Waals surface area contributed by atoms with E-state index in [4.69, 9.17) is 0 Å². The summed E-state index contributed by atoms with van der Waals surface area (Å²) in [6, 6.07) is 1.89. The van der Waals surface area contributed by atoms with Crippen molar-refractivity contribution in [2.75, 3.05) is 31.1 Å². The van der Waals surface area contributed by atoms with Crippen LogP contribution in [-0.4, -0.2) is 47.1 Å². The fourth-order valence-electron chi connectivity index (χ4n) is 1.30. The van der Waals surface area contributed by atoms with Crippen LogP contribution < -0.4 is 10.2 Å². The molecule has 0 spiro atoms. The zero-order chi connectivity index (χ0) is 8.23. The van der Waals surface area contributed by atoms with Crippen molar-refractivity contribution in [1.29, 1.82) is 0 Å². The highest BCUT2D eigenvalue weighted by Crippen LogP contribution is 2.06. The molecule has 0 radical (unpaired) electrons. The van der Waals surface area contributed by atoms with Gasteiger partial charge in [-0.1, -0.05) is 0 Å². The van der Waals surface area contributed by atoms with Crippen molar-refractivity contribution in [2.45, 2.75) is 0 Å². The molecule has 1 saturated heterocycles. The van der Waals surface area contributed by atoms with E-state index in [1.165, 1.54) is 0 Å². The fraction of sp³-hybridized carbons (Fsp3) is 0.571. The van der Waals surface area contributed by atoms with Gasteiger partial charge < -0.3 is 15.7 Å². The van der Waals surface area contributed by atoms with Crippen molar-refractivity contribution in [3.05, 3.63) is 12.3 Å². The molecule has 0 bridgehead atoms. The van der Waals surface area contributed by atoms with Gasteiger partial charge >= 0.3 is 0 Å². The molecule has 0 aromatic carbocycles. The van der Waals surface area contributed by atoms with Crippen molar-refractivity contribution in [3.63, 3.8) is 0 Å². The highest BCUT2D eigenvalue weighted by atomic mass is 16.0. The summed E-state index contributed by atoms with van der Waals surface area (Å²) in [4.78, 5) is 2.20. The van der Waals surface area contributed by atoms with Gasteiger partial charge in [0.1, 0.15) is 0 Å². The van der Waals surface area contributed by atoms with Gasteiger partial charge in [-0.3, -0.25) is 0 Å². The molecule has 2 rings (SSSR count). The summed E-state index contributed by atoms with van der Waals surface area (Å²) in [5.41, 5.74) is 0. The average Bonchev–Trinajstić information content (AvgIpc) is 2.21. The molecule has 3 N–H and O–H groups in total. The Morgan fingerprint density at radius 3 is 2.69 bits per heavy atom. The first-order chi connectivity index (χ1) is 5.97. The first kappa shape index (κ1) is 9.82. The van der Waals surface area contributed by atoms with Crippen molar-refractivity contribution in [1.82, 2.24) is 20.7 Å². The molecule has 0 amide bonds. The molecule has 0 saturated carbocycles. The van der Waals surface area contributed by atoms with Crippen LogP contribution in [0.5, 0.6) is 0 Å². The molecule has 1 fully saturated rings. The van der Waals surface area contributed by atoms with Crippen LogP contribution >= 0.6 is 0 Å². The average molecular weight is 183 g/mol. The predicted octanol–water partition coefficient (Wildman–Crippen LogP) is -1.54. The normalized spacial score (nSPS) is 16.5. The third kappa shape index (κ3) is 2.33. The lowest BCUT2D eigenvalue weighted by Crippen LogP contribution is -2.43. The van der Waals surface area contributed by atoms with E-state index < -0.39 is 0 Å². The van der Waals surface area contributed by atoms with E-state index >= 15 is 0 Å². The second-order valence-electron chi connectivity index (χ2n) is 2.72. The van der Waals surface area contributed by atoms with Crippen molar-refractivity contribution in [2.24, 2.45) is 0 Å². The maximum Gasteiger partial charge on any atom is 0.154 e. The summed E-state index contributed by atoms with van der Waals surface area (Å²) in [5.74, 6) is 0.923. The molecule has 1 aliphatic rings. The Hall–Kier alpha value is -1.27. The van der Waals surface area contributed by atoms with Crippen molar-refractivity contribution >= 4 is 5.82 Å². The maximum absolute atomic E-state index is 3.94. The van der Waals surface area contributed by atoms with Gasteiger partial charge in [0.2, 0.25) is 0 Å². The largest absolute Gasteiger partial charge is 0.412 e. The van der Waals surface area contributed by atoms with Crippen LogP contribution in [0.4, 0.5) is 5.82 Å². The number of aromatic nitrogens is 3. The van der Waals surface area contributed by atoms with Crippen LogP contribution in [0.3, 0.4) is 0 Å². The second-order valence-corrected chi connectivity index (χ2v) is 2.72. The molecule has 1 aliphatic heterocycles. The van der Waals surface area contributed by atoms with E-state index in [2.05, 4.69) is 25.6 Å². The Bertz CT molecular complexity index is 236. The molecule has 6 nitrogen and oxygen atoms in total. The van der Waals surface area contributed by atoms with Crippen molar-refractivity contribution < 1.29 is 5.48 Å². The lowest BCUT2D eigenvalue weighted by molar-refractivity contribution is 0.580. The minimum atomic E-state index is 0. The molecular weight excluding hydrogens is 170 g/mol. The molecule has 6 heteroatoms. The third-order valence-electron chi connectivity index (χ3n) is 1.93. The van der Waals surface area contributed by atoms with Gasteiger partial charge in [0.05, 0.1) is 6.20 Å². The van der Waals surface area contributed by atoms with Crippen molar-refractivity contribution in [3.8, 4) is 0 Å². The van der Waals surface area contributed by atoms with E-state index in [9.17, 15) is 0 Å². The quantitative estimate of drug-likeness (QED) is 0.570. The SMILES string of the molecule is O.c1cc(N2CCNCC2)nnn1. The highest BCUT2D eigenvalue weighted by molar-refractivity contribution is 5.35. The smallest absolute Gasteiger partial charge is 0.154 e. The van der Waals surface area contributed by atoms with E-state index in [-0.39, 0.29) is 5.48 Å². The molecule has 1 aromatic heterocycles. The number of hydrogen-bond donors (Lipinski definition) is 1. The molecule has 72 valence electrons. The zero-order valence-electron chi connectivity index (χ0n) is 7.27. The number of anilines is 1. The van der Waals surface area contributed by atoms with E-state index in [0.717, 1.165) is 32.0 Å². The van der Waals surface area contributed by atoms with Crippen LogP contribution in [0.1, 0.15) is 0 Å². The minimum absolute atomic E-state index is 0. The first-order valence-electron chi connectivity index (χ1n) is 4.07. The Kier molecular flexibility index (Phi) is 3.53. The van der Waals surface area contributed by atoms with E-state index in [1.54, 1.807) is 6.20 Å². The lowest BCUT2D eigenvalue weighted by atomic mass is 10.3. The predicted molar refractivity (Wildman–Crippen MR) is 48.5 cm³/mol. The Morgan fingerprint density at radius 1 is 1.31 bits per heavy atom. The highest BCUT2D eigenvalue weighted by Gasteiger charge is 2.10. The Morgan fingerprint density at radius 2 is 2.08 bits per heavy atom. The molecule has 0 atom stereocenters. The standard InChI is InChI=1S/C7H11N5.H2O/c1-2-9-11-10-7(1)12-5-3-8-4-6-12;/h1-2,8H,3-6H2;1H2. The summed E-state index contributed by atoms with van der Waals surface area (Å²) in [5, 5.41) is 14.5. The minimum Gasteiger partial charge on any atom is -0.412 e. The van der Waals surface area contributed by atoms with Crippen LogP contribution in [0.25, 0.3) is 0 Å². The van der Waals surface area contributed by atoms with E-state index in [1.807, 2.05) is 6.07 Å². The number of piperazine rings is 1. The zero-order valence-corrected chi connectivity index (χ0v) is 7.27. The van der Waals surface area contributed by atoms with Crippen LogP contribution in [0.2, 0.25) is 0 Å². The Balaban J connectivity index is 0.000000845. The van der Waals surface area contributed by atoms with Crippen LogP contribution in [0, 0.1) is 0 Å². The summed E-state index contributed by atoms with van der Waals surface area (Å²) in [6.45, 7) is 4.03. The molecule has 2 heterocycles. The molecule has 0 unspecified atom stereocenters. The van der Waals surface area contributed by atoms with Crippen LogP contribution in [0.15, 0.2) is 12.3 Å². The molecule has 13 heavy (non-hydrogen) atoms. The molecule has 0 aliphatic carbocycles. The van der Waals surface area contributed by atoms with Gasteiger partial charge in [-0.25, -0.2) is 0 Å². The summed E-state index contributed by atoms with van der Waals surface area (Å²) in [6.07, 6.45) is 1.67. The topological polar surface area (TPSA) is 85.4 Å². The van der Waals surface area contributed by atoms with Gasteiger partial charge in [-0.05, 0) is 5.21 Å². The maximum atomic E-state index is 3.94. The summed E-state index contributed by atoms with van der Waals surface area (Å²) >= 11 is 0. The number of hydrogen-bond acceptors (Lipinski definition) is 5. The second kappa shape index (κ2) is 4.68. The molecular formula is C7H13N5O. The van der Waals surface area contributed by atoms with Gasteiger partial charge in [0, 0.05) is 32.2 Å². The van der Waals surface area contributed by atoms with Gasteiger partial charge in [-0.2, -0.15) is 0 Å². The third-order valence-corrected chi connectivity index (χ3v) is 1.93. The lowest BCUT2D eigenvalue weighted by Gasteiger charge is -2.27. The van der Waals surface area contributed by atoms with Gasteiger partial charge in [-0.15, -0.1) is 10.2 Å². The molecule has 1 aromatic rings. The Labute approximate surface area is 76.3 Å². The van der Waals surface area contributed by atoms with E-state index in [0.29, 0.717) is 0 Å².